The summed E-state index contributed by atoms with van der Waals surface area (Å²) in [5.41, 5.74) is 6.51. The maximum atomic E-state index is 14.1. The topological polar surface area (TPSA) is 68.9 Å². The number of benzene rings is 2. The zero-order chi connectivity index (χ0) is 20.3. The third kappa shape index (κ3) is 3.00. The van der Waals surface area contributed by atoms with Crippen molar-refractivity contribution in [2.24, 2.45) is 10.9 Å². The van der Waals surface area contributed by atoms with Crippen LogP contribution < -0.4 is 16.1 Å². The number of oxime groups is 1. The van der Waals surface area contributed by atoms with E-state index in [2.05, 4.69) is 10.6 Å². The molecule has 2 aromatic carbocycles. The maximum absolute atomic E-state index is 14.1. The van der Waals surface area contributed by atoms with Crippen LogP contribution in [0.3, 0.4) is 0 Å². The van der Waals surface area contributed by atoms with Gasteiger partial charge in [0.2, 0.25) is 0 Å². The Labute approximate surface area is 172 Å². The van der Waals surface area contributed by atoms with Crippen LogP contribution in [0, 0.1) is 0 Å². The Morgan fingerprint density at radius 2 is 1.82 bits per heavy atom. The summed E-state index contributed by atoms with van der Waals surface area (Å²) >= 11 is 17.7. The van der Waals surface area contributed by atoms with Crippen molar-refractivity contribution >= 4 is 40.5 Å². The standard InChI is InChI=1S/C17H11Cl3F3N3O2/c18-10-4-8(5-11(19)14(10)20)16(17(21,22)23)6-12(25-28-16)7-1-2-9-13(3-7)27-26-15(9)24/h1-5,15,26H,6,24H2. The first-order valence-corrected chi connectivity index (χ1v) is 9.05. The van der Waals surface area contributed by atoms with Crippen molar-refractivity contribution in [1.29, 1.82) is 0 Å². The lowest BCUT2D eigenvalue weighted by molar-refractivity contribution is -0.275. The molecule has 2 unspecified atom stereocenters. The minimum Gasteiger partial charge on any atom is -0.406 e. The number of alkyl halides is 3. The minimum absolute atomic E-state index is 0.0387. The van der Waals surface area contributed by atoms with E-state index in [1.807, 2.05) is 0 Å². The van der Waals surface area contributed by atoms with E-state index in [1.54, 1.807) is 18.2 Å². The Morgan fingerprint density at radius 1 is 1.14 bits per heavy atom. The van der Waals surface area contributed by atoms with E-state index in [0.29, 0.717) is 16.9 Å². The van der Waals surface area contributed by atoms with E-state index in [0.717, 1.165) is 12.1 Å². The van der Waals surface area contributed by atoms with Crippen molar-refractivity contribution in [2.75, 3.05) is 0 Å². The third-order valence-electron chi connectivity index (χ3n) is 4.61. The van der Waals surface area contributed by atoms with E-state index < -0.39 is 24.4 Å². The van der Waals surface area contributed by atoms with Gasteiger partial charge in [0.05, 0.1) is 20.8 Å². The van der Waals surface area contributed by atoms with Gasteiger partial charge in [0, 0.05) is 23.1 Å². The number of nitrogens with one attached hydrogen (secondary N) is 1. The van der Waals surface area contributed by atoms with Crippen molar-refractivity contribution in [3.63, 3.8) is 0 Å². The highest BCUT2D eigenvalue weighted by atomic mass is 35.5. The van der Waals surface area contributed by atoms with E-state index in [9.17, 15) is 13.2 Å². The lowest BCUT2D eigenvalue weighted by Gasteiger charge is -2.30. The van der Waals surface area contributed by atoms with Gasteiger partial charge in [-0.15, -0.1) is 5.48 Å². The summed E-state index contributed by atoms with van der Waals surface area (Å²) < 4.78 is 42.2. The normalized spacial score (nSPS) is 23.8. The maximum Gasteiger partial charge on any atom is 0.435 e. The number of rotatable bonds is 2. The van der Waals surface area contributed by atoms with Crippen molar-refractivity contribution in [3.05, 3.63) is 62.1 Å². The molecule has 3 N–H and O–H groups in total. The molecule has 2 aliphatic heterocycles. The molecule has 148 valence electrons. The second-order valence-electron chi connectivity index (χ2n) is 6.33. The van der Waals surface area contributed by atoms with Crippen LogP contribution in [0.4, 0.5) is 13.2 Å². The van der Waals surface area contributed by atoms with Gasteiger partial charge in [-0.05, 0) is 18.2 Å². The van der Waals surface area contributed by atoms with Crippen molar-refractivity contribution < 1.29 is 22.8 Å². The minimum atomic E-state index is -4.80. The Hall–Kier alpha value is -1.71. The van der Waals surface area contributed by atoms with E-state index in [4.69, 9.17) is 50.2 Å². The Kier molecular flexibility index (Phi) is 4.67. The van der Waals surface area contributed by atoms with Crippen LogP contribution in [-0.2, 0) is 10.4 Å². The van der Waals surface area contributed by atoms with Crippen molar-refractivity contribution in [2.45, 2.75) is 24.4 Å². The van der Waals surface area contributed by atoms with Gasteiger partial charge in [-0.1, -0.05) is 52.1 Å². The summed E-state index contributed by atoms with van der Waals surface area (Å²) in [4.78, 5) is 10.2. The first-order valence-electron chi connectivity index (χ1n) is 7.91. The number of hydroxylamine groups is 1. The zero-order valence-electron chi connectivity index (χ0n) is 13.8. The fourth-order valence-corrected chi connectivity index (χ4v) is 3.69. The van der Waals surface area contributed by atoms with Crippen LogP contribution in [0.5, 0.6) is 5.75 Å². The molecule has 5 nitrogen and oxygen atoms in total. The summed E-state index contributed by atoms with van der Waals surface area (Å²) in [5, 5.41) is 3.43. The molecule has 2 heterocycles. The van der Waals surface area contributed by atoms with Crippen LogP contribution in [0.25, 0.3) is 0 Å². The van der Waals surface area contributed by atoms with Gasteiger partial charge in [-0.25, -0.2) is 0 Å². The predicted molar refractivity (Wildman–Crippen MR) is 98.6 cm³/mol. The molecule has 0 aromatic heterocycles. The first kappa shape index (κ1) is 19.6. The molecule has 0 aliphatic carbocycles. The molecule has 2 aliphatic rings. The quantitative estimate of drug-likeness (QED) is 0.623. The zero-order valence-corrected chi connectivity index (χ0v) is 16.0. The van der Waals surface area contributed by atoms with Gasteiger partial charge in [0.15, 0.2) is 5.75 Å². The van der Waals surface area contributed by atoms with Crippen molar-refractivity contribution in [3.8, 4) is 5.75 Å². The van der Waals surface area contributed by atoms with Crippen LogP contribution in [-0.4, -0.2) is 11.9 Å². The van der Waals surface area contributed by atoms with E-state index >= 15 is 0 Å². The second-order valence-corrected chi connectivity index (χ2v) is 7.53. The summed E-state index contributed by atoms with van der Waals surface area (Å²) in [6.07, 6.45) is -5.89. The summed E-state index contributed by atoms with van der Waals surface area (Å²) in [7, 11) is 0. The summed E-state index contributed by atoms with van der Waals surface area (Å²) in [6, 6.07) is 6.96. The van der Waals surface area contributed by atoms with E-state index in [-0.39, 0.29) is 26.3 Å². The second kappa shape index (κ2) is 6.67. The van der Waals surface area contributed by atoms with Gasteiger partial charge < -0.3 is 15.4 Å². The third-order valence-corrected chi connectivity index (χ3v) is 5.81. The van der Waals surface area contributed by atoms with Gasteiger partial charge >= 0.3 is 6.18 Å². The molecule has 0 spiro atoms. The molecule has 2 aromatic rings. The Morgan fingerprint density at radius 3 is 2.46 bits per heavy atom. The fraction of sp³-hybridized carbons (Fsp3) is 0.235. The molecule has 2 atom stereocenters. The van der Waals surface area contributed by atoms with Gasteiger partial charge in [0.1, 0.15) is 6.17 Å². The molecule has 0 amide bonds. The number of halogens is 6. The SMILES string of the molecule is NC1NOc2cc(C3=NOC(c4cc(Cl)c(Cl)c(Cl)c4)(C(F)(F)F)C3)ccc21. The number of fused-ring (bicyclic) bond motifs is 1. The van der Waals surface area contributed by atoms with Crippen LogP contribution >= 0.6 is 34.8 Å². The van der Waals surface area contributed by atoms with Crippen LogP contribution in [0.2, 0.25) is 15.1 Å². The molecular weight excluding hydrogens is 442 g/mol. The molecule has 4 rings (SSSR count). The Balaban J connectivity index is 1.73. The van der Waals surface area contributed by atoms with Gasteiger partial charge in [-0.3, -0.25) is 0 Å². The monoisotopic (exact) mass is 451 g/mol. The molecule has 0 bridgehead atoms. The summed E-state index contributed by atoms with van der Waals surface area (Å²) in [5.74, 6) is 0.412. The molecule has 0 saturated carbocycles. The number of hydrogen-bond donors (Lipinski definition) is 2. The molecule has 0 fully saturated rings. The highest BCUT2D eigenvalue weighted by Crippen LogP contribution is 2.50. The van der Waals surface area contributed by atoms with Crippen LogP contribution in [0.15, 0.2) is 35.5 Å². The first-order chi connectivity index (χ1) is 13.1. The highest BCUT2D eigenvalue weighted by Gasteiger charge is 2.62. The molecule has 0 radical (unpaired) electrons. The lowest BCUT2D eigenvalue weighted by atomic mass is 9.86. The fourth-order valence-electron chi connectivity index (χ4n) is 3.10. The van der Waals surface area contributed by atoms with Gasteiger partial charge in [-0.2, -0.15) is 13.2 Å². The van der Waals surface area contributed by atoms with E-state index in [1.165, 1.54) is 0 Å². The van der Waals surface area contributed by atoms with Crippen LogP contribution in [0.1, 0.15) is 29.3 Å². The number of hydrogen-bond acceptors (Lipinski definition) is 5. The lowest BCUT2D eigenvalue weighted by Crippen LogP contribution is -2.42. The average Bonchev–Trinajstić information content (AvgIpc) is 3.24. The molecule has 11 heteroatoms. The molecule has 28 heavy (non-hydrogen) atoms. The highest BCUT2D eigenvalue weighted by molar-refractivity contribution is 6.48. The predicted octanol–water partition coefficient (Wildman–Crippen LogP) is 5.08. The van der Waals surface area contributed by atoms with Crippen molar-refractivity contribution in [1.82, 2.24) is 5.48 Å². The smallest absolute Gasteiger partial charge is 0.406 e. The number of nitrogens with zero attached hydrogens (tertiary/aromatic N) is 1. The average molecular weight is 453 g/mol. The molecule has 0 saturated heterocycles. The molecular formula is C17H11Cl3F3N3O2. The largest absolute Gasteiger partial charge is 0.435 e. The number of nitrogens with two attached hydrogens (primary N) is 1. The Bertz CT molecular complexity index is 976. The van der Waals surface area contributed by atoms with Gasteiger partial charge in [0.25, 0.3) is 5.60 Å². The summed E-state index contributed by atoms with van der Waals surface area (Å²) in [6.45, 7) is 0.